The van der Waals surface area contributed by atoms with Gasteiger partial charge in [0.25, 0.3) is 0 Å². The first kappa shape index (κ1) is 9.52. The fourth-order valence-corrected chi connectivity index (χ4v) is 3.90. The molecule has 0 aliphatic rings. The van der Waals surface area contributed by atoms with E-state index in [1.807, 2.05) is 11.3 Å². The molecule has 0 aromatic carbocycles. The molecule has 0 nitrogen and oxygen atoms in total. The van der Waals surface area contributed by atoms with E-state index in [9.17, 15) is 0 Å². The van der Waals surface area contributed by atoms with Gasteiger partial charge in [-0.05, 0) is 51.4 Å². The van der Waals surface area contributed by atoms with Crippen LogP contribution in [0, 0.1) is 9.81 Å². The lowest BCUT2D eigenvalue weighted by atomic mass is 9.87. The summed E-state index contributed by atoms with van der Waals surface area (Å²) in [4.78, 5) is 0. The topological polar surface area (TPSA) is 0 Å². The summed E-state index contributed by atoms with van der Waals surface area (Å²) in [7, 11) is 0. The van der Waals surface area contributed by atoms with Gasteiger partial charge in [-0.2, -0.15) is 0 Å². The monoisotopic (exact) mass is 280 g/mol. The van der Waals surface area contributed by atoms with Crippen molar-refractivity contribution in [1.82, 2.24) is 0 Å². The Balaban J connectivity index is 3.21. The van der Waals surface area contributed by atoms with Crippen LogP contribution in [0.4, 0.5) is 0 Å². The fourth-order valence-electron chi connectivity index (χ4n) is 1.30. The van der Waals surface area contributed by atoms with Crippen LogP contribution < -0.4 is 0 Å². The molecule has 1 aromatic rings. The molecule has 1 heterocycles. The number of hydrogen-bond acceptors (Lipinski definition) is 1. The maximum absolute atomic E-state index is 2.42. The van der Waals surface area contributed by atoms with Gasteiger partial charge in [-0.1, -0.05) is 20.8 Å². The third kappa shape index (κ3) is 1.96. The lowest BCUT2D eigenvalue weighted by Gasteiger charge is -2.19. The van der Waals surface area contributed by atoms with Gasteiger partial charge in [-0.25, -0.2) is 0 Å². The molecule has 0 fully saturated rings. The average molecular weight is 280 g/mol. The van der Waals surface area contributed by atoms with Crippen LogP contribution in [0.5, 0.6) is 0 Å². The minimum Gasteiger partial charge on any atom is -0.137 e. The molecule has 0 saturated heterocycles. The van der Waals surface area contributed by atoms with Crippen LogP contribution in [0.1, 0.15) is 31.9 Å². The Morgan fingerprint density at radius 2 is 1.91 bits per heavy atom. The molecule has 0 aliphatic carbocycles. The SMILES string of the molecule is Cc1csc(I)c1C(C)(C)C. The van der Waals surface area contributed by atoms with Gasteiger partial charge >= 0.3 is 0 Å². The van der Waals surface area contributed by atoms with Crippen LogP contribution in [0.2, 0.25) is 0 Å². The van der Waals surface area contributed by atoms with E-state index >= 15 is 0 Å². The summed E-state index contributed by atoms with van der Waals surface area (Å²) in [5.74, 6) is 0. The molecule has 2 heteroatoms. The predicted octanol–water partition coefficient (Wildman–Crippen LogP) is 3.96. The van der Waals surface area contributed by atoms with Crippen molar-refractivity contribution in [1.29, 1.82) is 0 Å². The molecule has 1 aromatic heterocycles. The van der Waals surface area contributed by atoms with Crippen molar-refractivity contribution in [2.45, 2.75) is 33.1 Å². The molecule has 1 rings (SSSR count). The summed E-state index contributed by atoms with van der Waals surface area (Å²) in [5.41, 5.74) is 3.26. The Morgan fingerprint density at radius 1 is 1.36 bits per heavy atom. The van der Waals surface area contributed by atoms with Crippen LogP contribution in [0.15, 0.2) is 5.38 Å². The Labute approximate surface area is 86.2 Å². The van der Waals surface area contributed by atoms with Gasteiger partial charge in [0.1, 0.15) is 0 Å². The standard InChI is InChI=1S/C9H13IS/c1-6-5-11-8(10)7(6)9(2,3)4/h5H,1-4H3. The second kappa shape index (κ2) is 3.05. The van der Waals surface area contributed by atoms with Crippen LogP contribution in [0.25, 0.3) is 0 Å². The van der Waals surface area contributed by atoms with E-state index < -0.39 is 0 Å². The van der Waals surface area contributed by atoms with Crippen LogP contribution in [-0.2, 0) is 5.41 Å². The highest BCUT2D eigenvalue weighted by molar-refractivity contribution is 14.1. The second-order valence-corrected chi connectivity index (χ2v) is 6.51. The van der Waals surface area contributed by atoms with Gasteiger partial charge in [0.05, 0.1) is 2.88 Å². The summed E-state index contributed by atoms with van der Waals surface area (Å²) in [6.07, 6.45) is 0. The Kier molecular flexibility index (Phi) is 2.64. The lowest BCUT2D eigenvalue weighted by molar-refractivity contribution is 0.586. The van der Waals surface area contributed by atoms with Gasteiger partial charge in [0, 0.05) is 0 Å². The maximum atomic E-state index is 2.42. The zero-order valence-corrected chi connectivity index (χ0v) is 10.3. The molecule has 62 valence electrons. The van der Waals surface area contributed by atoms with Crippen molar-refractivity contribution in [3.8, 4) is 0 Å². The van der Waals surface area contributed by atoms with Crippen LogP contribution in [-0.4, -0.2) is 0 Å². The van der Waals surface area contributed by atoms with E-state index in [2.05, 4.69) is 55.7 Å². The largest absolute Gasteiger partial charge is 0.137 e. The van der Waals surface area contributed by atoms with Gasteiger partial charge < -0.3 is 0 Å². The average Bonchev–Trinajstić information content (AvgIpc) is 2.08. The number of thiophene rings is 1. The van der Waals surface area contributed by atoms with Gasteiger partial charge in [-0.15, -0.1) is 11.3 Å². The van der Waals surface area contributed by atoms with E-state index in [0.717, 1.165) is 0 Å². The molecular formula is C9H13IS. The Hall–Kier alpha value is 0.430. The molecule has 0 amide bonds. The molecule has 11 heavy (non-hydrogen) atoms. The minimum absolute atomic E-state index is 0.306. The summed E-state index contributed by atoms with van der Waals surface area (Å²) in [6, 6.07) is 0. The normalized spacial score (nSPS) is 12.1. The fraction of sp³-hybridized carbons (Fsp3) is 0.556. The van der Waals surface area contributed by atoms with Crippen molar-refractivity contribution in [2.75, 3.05) is 0 Å². The highest BCUT2D eigenvalue weighted by Gasteiger charge is 2.20. The maximum Gasteiger partial charge on any atom is 0.0693 e. The third-order valence-corrected chi connectivity index (χ3v) is 3.86. The van der Waals surface area contributed by atoms with Crippen LogP contribution in [0.3, 0.4) is 0 Å². The van der Waals surface area contributed by atoms with Crippen molar-refractivity contribution >= 4 is 33.9 Å². The summed E-state index contributed by atoms with van der Waals surface area (Å²) < 4.78 is 1.44. The molecule has 0 atom stereocenters. The quantitative estimate of drug-likeness (QED) is 0.631. The molecule has 0 bridgehead atoms. The number of rotatable bonds is 0. The highest BCUT2D eigenvalue weighted by Crippen LogP contribution is 2.33. The van der Waals surface area contributed by atoms with E-state index in [1.165, 1.54) is 14.0 Å². The van der Waals surface area contributed by atoms with Gasteiger partial charge in [0.2, 0.25) is 0 Å². The highest BCUT2D eigenvalue weighted by atomic mass is 127. The van der Waals surface area contributed by atoms with Gasteiger partial charge in [0.15, 0.2) is 0 Å². The zero-order valence-electron chi connectivity index (χ0n) is 7.36. The molecule has 0 unspecified atom stereocenters. The van der Waals surface area contributed by atoms with Crippen molar-refractivity contribution in [2.24, 2.45) is 0 Å². The Bertz CT molecular complexity index is 236. The first-order chi connectivity index (χ1) is 4.93. The van der Waals surface area contributed by atoms with Crippen molar-refractivity contribution in [3.05, 3.63) is 19.4 Å². The van der Waals surface area contributed by atoms with E-state index in [-0.39, 0.29) is 0 Å². The third-order valence-electron chi connectivity index (χ3n) is 1.68. The zero-order chi connectivity index (χ0) is 8.65. The summed E-state index contributed by atoms with van der Waals surface area (Å²) >= 11 is 4.27. The number of aryl methyl sites for hydroxylation is 1. The Morgan fingerprint density at radius 3 is 2.09 bits per heavy atom. The minimum atomic E-state index is 0.306. The first-order valence-corrected chi connectivity index (χ1v) is 5.63. The molecule has 0 saturated carbocycles. The molecular weight excluding hydrogens is 267 g/mol. The van der Waals surface area contributed by atoms with Crippen molar-refractivity contribution < 1.29 is 0 Å². The molecule has 0 aliphatic heterocycles. The van der Waals surface area contributed by atoms with Crippen molar-refractivity contribution in [3.63, 3.8) is 0 Å². The lowest BCUT2D eigenvalue weighted by Crippen LogP contribution is -2.12. The number of hydrogen-bond donors (Lipinski definition) is 0. The van der Waals surface area contributed by atoms with E-state index in [0.29, 0.717) is 5.41 Å². The second-order valence-electron chi connectivity index (χ2n) is 3.82. The first-order valence-electron chi connectivity index (χ1n) is 3.67. The van der Waals surface area contributed by atoms with E-state index in [4.69, 9.17) is 0 Å². The molecule has 0 radical (unpaired) electrons. The van der Waals surface area contributed by atoms with Crippen LogP contribution >= 0.6 is 33.9 Å². The van der Waals surface area contributed by atoms with E-state index in [1.54, 1.807) is 0 Å². The van der Waals surface area contributed by atoms with Gasteiger partial charge in [-0.3, -0.25) is 0 Å². The number of halogens is 1. The molecule has 0 spiro atoms. The smallest absolute Gasteiger partial charge is 0.0693 e. The molecule has 0 N–H and O–H groups in total. The predicted molar refractivity (Wildman–Crippen MR) is 60.5 cm³/mol. The summed E-state index contributed by atoms with van der Waals surface area (Å²) in [5, 5.41) is 2.24. The summed E-state index contributed by atoms with van der Waals surface area (Å²) in [6.45, 7) is 9.00.